The van der Waals surface area contributed by atoms with E-state index in [-0.39, 0.29) is 16.3 Å². The van der Waals surface area contributed by atoms with Crippen molar-refractivity contribution in [2.24, 2.45) is 0 Å². The Morgan fingerprint density at radius 3 is 2.58 bits per heavy atom. The van der Waals surface area contributed by atoms with E-state index in [2.05, 4.69) is 5.32 Å². The molecule has 0 saturated heterocycles. The fourth-order valence-electron chi connectivity index (χ4n) is 2.09. The molecule has 1 amide bonds. The summed E-state index contributed by atoms with van der Waals surface area (Å²) in [5.74, 6) is -0.649. The van der Waals surface area contributed by atoms with E-state index in [0.29, 0.717) is 5.56 Å². The highest BCUT2D eigenvalue weighted by molar-refractivity contribution is 6.33. The maximum Gasteiger partial charge on any atom is 0.416 e. The van der Waals surface area contributed by atoms with Gasteiger partial charge in [-0.15, -0.1) is 0 Å². The molecule has 0 aliphatic carbocycles. The minimum atomic E-state index is -4.55. The van der Waals surface area contributed by atoms with Crippen LogP contribution >= 0.6 is 11.6 Å². The minimum Gasteiger partial charge on any atom is -0.323 e. The van der Waals surface area contributed by atoms with Crippen molar-refractivity contribution in [3.8, 4) is 0 Å². The van der Waals surface area contributed by atoms with Crippen LogP contribution in [-0.2, 0) is 11.0 Å². The molecule has 0 saturated carbocycles. The summed E-state index contributed by atoms with van der Waals surface area (Å²) in [6, 6.07) is 4.94. The normalized spacial score (nSPS) is 12.8. The van der Waals surface area contributed by atoms with Crippen LogP contribution in [0.2, 0.25) is 5.02 Å². The zero-order valence-corrected chi connectivity index (χ0v) is 13.6. The van der Waals surface area contributed by atoms with Crippen molar-refractivity contribution in [2.75, 3.05) is 5.32 Å². The van der Waals surface area contributed by atoms with Crippen LogP contribution in [0.25, 0.3) is 0 Å². The highest BCUT2D eigenvalue weighted by Crippen LogP contribution is 2.34. The van der Waals surface area contributed by atoms with Gasteiger partial charge < -0.3 is 9.88 Å². The molecule has 1 aromatic carbocycles. The molecule has 0 spiro atoms. The van der Waals surface area contributed by atoms with E-state index < -0.39 is 23.7 Å². The Bertz CT molecular complexity index is 831. The van der Waals surface area contributed by atoms with Crippen molar-refractivity contribution in [1.29, 1.82) is 0 Å². The van der Waals surface area contributed by atoms with Gasteiger partial charge in [0.05, 0.1) is 16.3 Å². The number of pyridine rings is 1. The summed E-state index contributed by atoms with van der Waals surface area (Å²) in [4.78, 5) is 24.3. The highest BCUT2D eigenvalue weighted by atomic mass is 35.5. The van der Waals surface area contributed by atoms with Gasteiger partial charge in [0.15, 0.2) is 0 Å². The molecule has 0 radical (unpaired) electrons. The van der Waals surface area contributed by atoms with E-state index in [1.165, 1.54) is 17.7 Å². The molecular formula is C16H14ClF3N2O2. The lowest BCUT2D eigenvalue weighted by Gasteiger charge is -2.17. The Morgan fingerprint density at radius 2 is 1.96 bits per heavy atom. The van der Waals surface area contributed by atoms with Crippen molar-refractivity contribution in [2.45, 2.75) is 26.1 Å². The Morgan fingerprint density at radius 1 is 1.29 bits per heavy atom. The van der Waals surface area contributed by atoms with Crippen LogP contribution in [0, 0.1) is 6.92 Å². The summed E-state index contributed by atoms with van der Waals surface area (Å²) in [5.41, 5.74) is -0.990. The molecule has 1 atom stereocenters. The predicted molar refractivity (Wildman–Crippen MR) is 85.2 cm³/mol. The van der Waals surface area contributed by atoms with Gasteiger partial charge in [0, 0.05) is 11.8 Å². The molecule has 2 rings (SSSR count). The standard InChI is InChI=1S/C16H14ClF3N2O2/c1-9-4-3-7-22(15(9)24)10(2)14(23)21-13-8-11(16(18,19)20)5-6-12(13)17/h3-8,10H,1-2H3,(H,21,23). The molecule has 1 heterocycles. The molecule has 1 unspecified atom stereocenters. The number of alkyl halides is 3. The number of aryl methyl sites for hydroxylation is 1. The van der Waals surface area contributed by atoms with Crippen LogP contribution in [0.3, 0.4) is 0 Å². The van der Waals surface area contributed by atoms with Gasteiger partial charge in [-0.1, -0.05) is 17.7 Å². The van der Waals surface area contributed by atoms with Crippen molar-refractivity contribution < 1.29 is 18.0 Å². The third-order valence-electron chi connectivity index (χ3n) is 3.51. The second kappa shape index (κ2) is 6.68. The lowest BCUT2D eigenvalue weighted by Crippen LogP contribution is -2.32. The summed E-state index contributed by atoms with van der Waals surface area (Å²) in [6.45, 7) is 3.07. The van der Waals surface area contributed by atoms with Crippen molar-refractivity contribution in [1.82, 2.24) is 4.57 Å². The third-order valence-corrected chi connectivity index (χ3v) is 3.84. The summed E-state index contributed by atoms with van der Waals surface area (Å²) in [6.07, 6.45) is -3.11. The van der Waals surface area contributed by atoms with Gasteiger partial charge in [-0.3, -0.25) is 9.59 Å². The Labute approximate surface area is 140 Å². The number of aromatic nitrogens is 1. The summed E-state index contributed by atoms with van der Waals surface area (Å²) in [7, 11) is 0. The lowest BCUT2D eigenvalue weighted by atomic mass is 10.2. The Balaban J connectivity index is 2.29. The average molecular weight is 359 g/mol. The second-order valence-electron chi connectivity index (χ2n) is 5.26. The van der Waals surface area contributed by atoms with Crippen molar-refractivity contribution >= 4 is 23.2 Å². The summed E-state index contributed by atoms with van der Waals surface area (Å²) in [5, 5.41) is 2.31. The first kappa shape index (κ1) is 18.1. The van der Waals surface area contributed by atoms with Gasteiger partial charge >= 0.3 is 6.18 Å². The largest absolute Gasteiger partial charge is 0.416 e. The SMILES string of the molecule is Cc1cccn(C(C)C(=O)Nc2cc(C(F)(F)F)ccc2Cl)c1=O. The smallest absolute Gasteiger partial charge is 0.323 e. The molecule has 8 heteroatoms. The van der Waals surface area contributed by atoms with Gasteiger partial charge in [-0.2, -0.15) is 13.2 Å². The quantitative estimate of drug-likeness (QED) is 0.900. The fourth-order valence-corrected chi connectivity index (χ4v) is 2.25. The highest BCUT2D eigenvalue weighted by Gasteiger charge is 2.31. The molecule has 4 nitrogen and oxygen atoms in total. The number of amides is 1. The Kier molecular flexibility index (Phi) is 5.03. The summed E-state index contributed by atoms with van der Waals surface area (Å²) >= 11 is 5.85. The number of rotatable bonds is 3. The molecule has 1 aromatic heterocycles. The average Bonchev–Trinajstić information content (AvgIpc) is 2.50. The van der Waals surface area contributed by atoms with E-state index >= 15 is 0 Å². The molecule has 1 N–H and O–H groups in total. The van der Waals surface area contributed by atoms with Crippen LogP contribution in [0.1, 0.15) is 24.1 Å². The van der Waals surface area contributed by atoms with Gasteiger partial charge in [0.25, 0.3) is 5.56 Å². The van der Waals surface area contributed by atoms with Crippen LogP contribution in [0.15, 0.2) is 41.3 Å². The summed E-state index contributed by atoms with van der Waals surface area (Å²) < 4.78 is 39.5. The van der Waals surface area contributed by atoms with Crippen LogP contribution in [0.4, 0.5) is 18.9 Å². The van der Waals surface area contributed by atoms with Crippen LogP contribution in [0.5, 0.6) is 0 Å². The zero-order chi connectivity index (χ0) is 18.1. The number of carbonyl (C=O) groups is 1. The number of benzene rings is 1. The second-order valence-corrected chi connectivity index (χ2v) is 5.67. The van der Waals surface area contributed by atoms with E-state index in [0.717, 1.165) is 18.2 Å². The van der Waals surface area contributed by atoms with Gasteiger partial charge in [-0.25, -0.2) is 0 Å². The third kappa shape index (κ3) is 3.79. The lowest BCUT2D eigenvalue weighted by molar-refractivity contribution is -0.137. The molecule has 0 bridgehead atoms. The number of hydrogen-bond acceptors (Lipinski definition) is 2. The molecule has 0 fully saturated rings. The molecule has 24 heavy (non-hydrogen) atoms. The molecular weight excluding hydrogens is 345 g/mol. The maximum atomic E-state index is 12.8. The fraction of sp³-hybridized carbons (Fsp3) is 0.250. The van der Waals surface area contributed by atoms with Crippen LogP contribution < -0.4 is 10.9 Å². The van der Waals surface area contributed by atoms with Crippen LogP contribution in [-0.4, -0.2) is 10.5 Å². The Hall–Kier alpha value is -2.28. The van der Waals surface area contributed by atoms with E-state index in [1.807, 2.05) is 0 Å². The minimum absolute atomic E-state index is 0.0276. The van der Waals surface area contributed by atoms with E-state index in [9.17, 15) is 22.8 Å². The zero-order valence-electron chi connectivity index (χ0n) is 12.8. The topological polar surface area (TPSA) is 51.1 Å². The van der Waals surface area contributed by atoms with Gasteiger partial charge in [0.1, 0.15) is 6.04 Å². The molecule has 0 aliphatic heterocycles. The predicted octanol–water partition coefficient (Wildman–Crippen LogP) is 4.03. The number of nitrogens with one attached hydrogen (secondary N) is 1. The van der Waals surface area contributed by atoms with E-state index in [4.69, 9.17) is 11.6 Å². The number of hydrogen-bond donors (Lipinski definition) is 1. The van der Waals surface area contributed by atoms with Gasteiger partial charge in [-0.05, 0) is 38.1 Å². The molecule has 0 aliphatic rings. The number of anilines is 1. The first-order valence-electron chi connectivity index (χ1n) is 6.96. The van der Waals surface area contributed by atoms with Gasteiger partial charge in [0.2, 0.25) is 5.91 Å². The monoisotopic (exact) mass is 358 g/mol. The number of carbonyl (C=O) groups excluding carboxylic acids is 1. The maximum absolute atomic E-state index is 12.8. The number of halogens is 4. The molecule has 128 valence electrons. The van der Waals surface area contributed by atoms with Crippen molar-refractivity contribution in [3.05, 3.63) is 63.0 Å². The van der Waals surface area contributed by atoms with E-state index in [1.54, 1.807) is 19.1 Å². The van der Waals surface area contributed by atoms with Crippen molar-refractivity contribution in [3.63, 3.8) is 0 Å². The number of nitrogens with zero attached hydrogens (tertiary/aromatic N) is 1. The first-order valence-corrected chi connectivity index (χ1v) is 7.34. The first-order chi connectivity index (χ1) is 11.1. The molecule has 2 aromatic rings.